The number of carbonyl (C=O) groups is 1. The van der Waals surface area contributed by atoms with E-state index in [0.29, 0.717) is 19.0 Å². The van der Waals surface area contributed by atoms with Gasteiger partial charge >= 0.3 is 6.03 Å². The molecule has 0 fully saturated rings. The van der Waals surface area contributed by atoms with Crippen LogP contribution in [-0.4, -0.2) is 53.3 Å². The highest BCUT2D eigenvalue weighted by Crippen LogP contribution is 2.29. The molecule has 26 heavy (non-hydrogen) atoms. The van der Waals surface area contributed by atoms with Gasteiger partial charge < -0.3 is 20.2 Å². The topological polar surface area (TPSA) is 81.6 Å². The number of aliphatic hydroxyl groups excluding tert-OH is 1. The lowest BCUT2D eigenvalue weighted by Gasteiger charge is -2.36. The summed E-state index contributed by atoms with van der Waals surface area (Å²) in [6, 6.07) is 9.32. The summed E-state index contributed by atoms with van der Waals surface area (Å²) < 4.78 is 0. The van der Waals surface area contributed by atoms with E-state index in [1.165, 1.54) is 5.56 Å². The van der Waals surface area contributed by atoms with Crippen molar-refractivity contribution in [1.82, 2.24) is 20.2 Å². The highest BCUT2D eigenvalue weighted by Gasteiger charge is 2.29. The standard InChI is InChI=1S/C19H25N5O2/c1-13-10-15(22-18(21-13)23(2)3)11-20-19(26)24-9-8-14-6-4-5-7-16(14)17(24)12-25/h4-7,10,17,25H,8-9,11-12H2,1-3H3,(H,20,26). The number of aromatic nitrogens is 2. The molecule has 0 radical (unpaired) electrons. The van der Waals surface area contributed by atoms with E-state index in [1.807, 2.05) is 50.2 Å². The van der Waals surface area contributed by atoms with E-state index in [9.17, 15) is 9.90 Å². The van der Waals surface area contributed by atoms with Gasteiger partial charge in [-0.05, 0) is 30.5 Å². The summed E-state index contributed by atoms with van der Waals surface area (Å²) in [5, 5.41) is 12.8. The molecule has 0 spiro atoms. The van der Waals surface area contributed by atoms with Crippen LogP contribution in [0.2, 0.25) is 0 Å². The molecule has 1 unspecified atom stereocenters. The number of hydrogen-bond acceptors (Lipinski definition) is 5. The smallest absolute Gasteiger partial charge is 0.318 e. The molecule has 1 atom stereocenters. The summed E-state index contributed by atoms with van der Waals surface area (Å²) in [4.78, 5) is 25.1. The minimum Gasteiger partial charge on any atom is -0.394 e. The summed E-state index contributed by atoms with van der Waals surface area (Å²) in [5.41, 5.74) is 3.82. The second kappa shape index (κ2) is 7.70. The molecule has 0 bridgehead atoms. The molecule has 2 heterocycles. The first-order valence-corrected chi connectivity index (χ1v) is 8.74. The molecule has 0 aliphatic carbocycles. The van der Waals surface area contributed by atoms with Crippen molar-refractivity contribution in [2.24, 2.45) is 0 Å². The van der Waals surface area contributed by atoms with Gasteiger partial charge in [-0.1, -0.05) is 24.3 Å². The third-order valence-corrected chi connectivity index (χ3v) is 4.56. The largest absolute Gasteiger partial charge is 0.394 e. The summed E-state index contributed by atoms with van der Waals surface area (Å²) in [5.74, 6) is 0.620. The summed E-state index contributed by atoms with van der Waals surface area (Å²) in [6.45, 7) is 2.71. The van der Waals surface area contributed by atoms with Gasteiger partial charge in [0, 0.05) is 26.3 Å². The number of carbonyl (C=O) groups excluding carboxylic acids is 1. The number of aryl methyl sites for hydroxylation is 1. The van der Waals surface area contributed by atoms with E-state index in [1.54, 1.807) is 4.90 Å². The van der Waals surface area contributed by atoms with Gasteiger partial charge in [-0.2, -0.15) is 0 Å². The minimum atomic E-state index is -0.315. The van der Waals surface area contributed by atoms with Gasteiger partial charge in [0.2, 0.25) is 5.95 Å². The molecule has 2 aromatic rings. The van der Waals surface area contributed by atoms with Gasteiger partial charge in [0.05, 0.1) is 24.9 Å². The molecule has 1 aliphatic heterocycles. The fourth-order valence-electron chi connectivity index (χ4n) is 3.27. The number of nitrogens with one attached hydrogen (secondary N) is 1. The predicted molar refractivity (Wildman–Crippen MR) is 100 cm³/mol. The van der Waals surface area contributed by atoms with E-state index in [-0.39, 0.29) is 18.7 Å². The van der Waals surface area contributed by atoms with E-state index < -0.39 is 0 Å². The molecule has 7 nitrogen and oxygen atoms in total. The fourth-order valence-corrected chi connectivity index (χ4v) is 3.27. The van der Waals surface area contributed by atoms with E-state index >= 15 is 0 Å². The van der Waals surface area contributed by atoms with Crippen LogP contribution in [0, 0.1) is 6.92 Å². The van der Waals surface area contributed by atoms with Crippen LogP contribution < -0.4 is 10.2 Å². The second-order valence-corrected chi connectivity index (χ2v) is 6.69. The fraction of sp³-hybridized carbons (Fsp3) is 0.421. The van der Waals surface area contributed by atoms with E-state index in [4.69, 9.17) is 0 Å². The molecule has 2 amide bonds. The van der Waals surface area contributed by atoms with Crippen LogP contribution in [0.3, 0.4) is 0 Å². The zero-order chi connectivity index (χ0) is 18.7. The monoisotopic (exact) mass is 355 g/mol. The highest BCUT2D eigenvalue weighted by atomic mass is 16.3. The van der Waals surface area contributed by atoms with Crippen LogP contribution in [0.15, 0.2) is 30.3 Å². The van der Waals surface area contributed by atoms with Crippen molar-refractivity contribution in [1.29, 1.82) is 0 Å². The zero-order valence-electron chi connectivity index (χ0n) is 15.4. The summed E-state index contributed by atoms with van der Waals surface area (Å²) >= 11 is 0. The lowest BCUT2D eigenvalue weighted by atomic mass is 9.93. The van der Waals surface area contributed by atoms with E-state index in [2.05, 4.69) is 21.4 Å². The van der Waals surface area contributed by atoms with Crippen LogP contribution >= 0.6 is 0 Å². The second-order valence-electron chi connectivity index (χ2n) is 6.69. The Morgan fingerprint density at radius 1 is 1.35 bits per heavy atom. The Hall–Kier alpha value is -2.67. The van der Waals surface area contributed by atoms with Crippen molar-refractivity contribution in [3.63, 3.8) is 0 Å². The van der Waals surface area contributed by atoms with Crippen LogP contribution in [0.1, 0.15) is 28.6 Å². The van der Waals surface area contributed by atoms with Crippen molar-refractivity contribution in [3.8, 4) is 0 Å². The van der Waals surface area contributed by atoms with Gasteiger partial charge in [-0.3, -0.25) is 0 Å². The number of rotatable bonds is 4. The maximum atomic E-state index is 12.7. The van der Waals surface area contributed by atoms with Gasteiger partial charge in [0.1, 0.15) is 0 Å². The molecular formula is C19H25N5O2. The maximum Gasteiger partial charge on any atom is 0.318 e. The molecular weight excluding hydrogens is 330 g/mol. The minimum absolute atomic E-state index is 0.0954. The number of nitrogens with zero attached hydrogens (tertiary/aromatic N) is 4. The Kier molecular flexibility index (Phi) is 5.37. The Morgan fingerprint density at radius 2 is 2.12 bits per heavy atom. The molecule has 0 saturated heterocycles. The van der Waals surface area contributed by atoms with Crippen molar-refractivity contribution < 1.29 is 9.90 Å². The van der Waals surface area contributed by atoms with Crippen LogP contribution in [0.25, 0.3) is 0 Å². The van der Waals surface area contributed by atoms with Crippen LogP contribution in [-0.2, 0) is 13.0 Å². The molecule has 3 rings (SSSR count). The number of aliphatic hydroxyl groups is 1. The predicted octanol–water partition coefficient (Wildman–Crippen LogP) is 1.65. The first-order valence-electron chi connectivity index (χ1n) is 8.74. The zero-order valence-corrected chi connectivity index (χ0v) is 15.4. The Morgan fingerprint density at radius 3 is 2.85 bits per heavy atom. The number of hydrogen-bond donors (Lipinski definition) is 2. The van der Waals surface area contributed by atoms with Crippen LogP contribution in [0.4, 0.5) is 10.7 Å². The SMILES string of the molecule is Cc1cc(CNC(=O)N2CCc3ccccc3C2CO)nc(N(C)C)n1. The average Bonchev–Trinajstić information content (AvgIpc) is 2.64. The third-order valence-electron chi connectivity index (χ3n) is 4.56. The molecule has 1 aromatic heterocycles. The Labute approximate surface area is 153 Å². The molecule has 1 aromatic carbocycles. The summed E-state index contributed by atoms with van der Waals surface area (Å²) in [7, 11) is 3.77. The first kappa shape index (κ1) is 18.1. The highest BCUT2D eigenvalue weighted by molar-refractivity contribution is 5.75. The van der Waals surface area contributed by atoms with Crippen molar-refractivity contribution in [3.05, 3.63) is 52.8 Å². The number of urea groups is 1. The molecule has 1 aliphatic rings. The summed E-state index contributed by atoms with van der Waals surface area (Å²) in [6.07, 6.45) is 0.789. The normalized spacial score (nSPS) is 16.2. The van der Waals surface area contributed by atoms with Gasteiger partial charge in [-0.25, -0.2) is 14.8 Å². The first-order chi connectivity index (χ1) is 12.5. The average molecular weight is 355 g/mol. The molecule has 7 heteroatoms. The maximum absolute atomic E-state index is 12.7. The number of fused-ring (bicyclic) bond motifs is 1. The molecule has 138 valence electrons. The van der Waals surface area contributed by atoms with Crippen molar-refractivity contribution >= 4 is 12.0 Å². The number of benzene rings is 1. The van der Waals surface area contributed by atoms with E-state index in [0.717, 1.165) is 23.4 Å². The van der Waals surface area contributed by atoms with Gasteiger partial charge in [0.25, 0.3) is 0 Å². The lowest BCUT2D eigenvalue weighted by Crippen LogP contribution is -2.46. The Balaban J connectivity index is 1.71. The van der Waals surface area contributed by atoms with Crippen LogP contribution in [0.5, 0.6) is 0 Å². The van der Waals surface area contributed by atoms with Gasteiger partial charge in [-0.15, -0.1) is 0 Å². The lowest BCUT2D eigenvalue weighted by molar-refractivity contribution is 0.126. The molecule has 2 N–H and O–H groups in total. The number of anilines is 1. The third kappa shape index (κ3) is 3.77. The Bertz CT molecular complexity index is 793. The number of amides is 2. The van der Waals surface area contributed by atoms with Gasteiger partial charge in [0.15, 0.2) is 0 Å². The quantitative estimate of drug-likeness (QED) is 0.872. The van der Waals surface area contributed by atoms with Crippen molar-refractivity contribution in [2.75, 3.05) is 32.1 Å². The molecule has 0 saturated carbocycles. The van der Waals surface area contributed by atoms with Crippen molar-refractivity contribution in [2.45, 2.75) is 25.9 Å².